The van der Waals surface area contributed by atoms with Crippen LogP contribution >= 0.6 is 0 Å². The van der Waals surface area contributed by atoms with Gasteiger partial charge in [0.1, 0.15) is 0 Å². The van der Waals surface area contributed by atoms with E-state index in [1.54, 1.807) is 12.1 Å². The first-order valence-electron chi connectivity index (χ1n) is 6.46. The van der Waals surface area contributed by atoms with E-state index in [9.17, 15) is 13.2 Å². The predicted molar refractivity (Wildman–Crippen MR) is 73.3 cm³/mol. The number of allylic oxidation sites excluding steroid dienone is 1. The Hall–Kier alpha value is -2.03. The Morgan fingerprint density at radius 2 is 1.60 bits per heavy atom. The van der Waals surface area contributed by atoms with Gasteiger partial charge in [0.15, 0.2) is 0 Å². The zero-order valence-corrected chi connectivity index (χ0v) is 10.7. The van der Waals surface area contributed by atoms with Crippen LogP contribution in [0.2, 0.25) is 0 Å². The second-order valence-electron chi connectivity index (χ2n) is 5.05. The largest absolute Gasteiger partial charge is 0.416 e. The lowest BCUT2D eigenvalue weighted by Crippen LogP contribution is -2.04. The normalized spacial score (nSPS) is 14.1. The summed E-state index contributed by atoms with van der Waals surface area (Å²) >= 11 is 0. The van der Waals surface area contributed by atoms with Gasteiger partial charge in [-0.1, -0.05) is 48.0 Å². The van der Waals surface area contributed by atoms with Crippen LogP contribution < -0.4 is 0 Å². The zero-order chi connectivity index (χ0) is 14.2. The minimum atomic E-state index is -4.26. The van der Waals surface area contributed by atoms with E-state index in [-0.39, 0.29) is 0 Å². The number of fused-ring (bicyclic) bond motifs is 1. The number of alkyl halides is 3. The van der Waals surface area contributed by atoms with Crippen molar-refractivity contribution in [1.29, 1.82) is 0 Å². The van der Waals surface area contributed by atoms with Gasteiger partial charge >= 0.3 is 6.18 Å². The second-order valence-corrected chi connectivity index (χ2v) is 5.05. The van der Waals surface area contributed by atoms with Gasteiger partial charge in [0.2, 0.25) is 0 Å². The third-order valence-corrected chi connectivity index (χ3v) is 3.54. The Morgan fingerprint density at radius 3 is 2.25 bits per heavy atom. The molecule has 0 aromatic heterocycles. The molecular formula is C17H13F3. The fourth-order valence-corrected chi connectivity index (χ4v) is 2.54. The molecule has 2 aromatic carbocycles. The maximum atomic E-state index is 12.5. The van der Waals surface area contributed by atoms with Crippen molar-refractivity contribution >= 4 is 6.08 Å². The maximum Gasteiger partial charge on any atom is 0.416 e. The fourth-order valence-electron chi connectivity index (χ4n) is 2.54. The van der Waals surface area contributed by atoms with Crippen molar-refractivity contribution in [2.24, 2.45) is 0 Å². The topological polar surface area (TPSA) is 0 Å². The first-order chi connectivity index (χ1) is 9.52. The molecule has 0 N–H and O–H groups in total. The molecule has 0 radical (unpaired) electrons. The molecule has 2 aromatic rings. The van der Waals surface area contributed by atoms with Crippen molar-refractivity contribution in [1.82, 2.24) is 0 Å². The SMILES string of the molecule is FC(F)(F)c1ccc(CC2=Cc3ccccc3C2)cc1. The molecular weight excluding hydrogens is 261 g/mol. The highest BCUT2D eigenvalue weighted by molar-refractivity contribution is 5.64. The van der Waals surface area contributed by atoms with Gasteiger partial charge in [-0.25, -0.2) is 0 Å². The molecule has 102 valence electrons. The van der Waals surface area contributed by atoms with Crippen LogP contribution in [0.1, 0.15) is 22.3 Å². The van der Waals surface area contributed by atoms with Crippen LogP contribution in [0.4, 0.5) is 13.2 Å². The third-order valence-electron chi connectivity index (χ3n) is 3.54. The monoisotopic (exact) mass is 274 g/mol. The van der Waals surface area contributed by atoms with Gasteiger partial charge in [-0.15, -0.1) is 0 Å². The Kier molecular flexibility index (Phi) is 3.13. The summed E-state index contributed by atoms with van der Waals surface area (Å²) in [5.41, 5.74) is 4.07. The summed E-state index contributed by atoms with van der Waals surface area (Å²) in [4.78, 5) is 0. The number of hydrogen-bond acceptors (Lipinski definition) is 0. The molecule has 0 heterocycles. The first-order valence-corrected chi connectivity index (χ1v) is 6.46. The lowest BCUT2D eigenvalue weighted by Gasteiger charge is -2.08. The Labute approximate surface area is 115 Å². The van der Waals surface area contributed by atoms with Crippen LogP contribution in [0, 0.1) is 0 Å². The quantitative estimate of drug-likeness (QED) is 0.731. The molecule has 20 heavy (non-hydrogen) atoms. The molecule has 1 aliphatic rings. The van der Waals surface area contributed by atoms with Gasteiger partial charge in [0.25, 0.3) is 0 Å². The summed E-state index contributed by atoms with van der Waals surface area (Å²) in [6.07, 6.45) is -0.543. The molecule has 1 aliphatic carbocycles. The van der Waals surface area contributed by atoms with Gasteiger partial charge in [-0.2, -0.15) is 13.2 Å². The molecule has 0 fully saturated rings. The van der Waals surface area contributed by atoms with Crippen LogP contribution in [-0.4, -0.2) is 0 Å². The molecule has 3 heteroatoms. The zero-order valence-electron chi connectivity index (χ0n) is 10.7. The summed E-state index contributed by atoms with van der Waals surface area (Å²) in [7, 11) is 0. The van der Waals surface area contributed by atoms with Gasteiger partial charge in [0.05, 0.1) is 5.56 Å². The molecule has 0 nitrogen and oxygen atoms in total. The maximum absolute atomic E-state index is 12.5. The summed E-state index contributed by atoms with van der Waals surface area (Å²) in [5.74, 6) is 0. The standard InChI is InChI=1S/C17H13F3/c18-17(19,20)16-7-5-12(6-8-16)9-13-10-14-3-1-2-4-15(14)11-13/h1-8,10H,9,11H2. The van der Waals surface area contributed by atoms with E-state index < -0.39 is 11.7 Å². The first kappa shape index (κ1) is 13.0. The van der Waals surface area contributed by atoms with Crippen molar-refractivity contribution in [3.05, 3.63) is 76.4 Å². The van der Waals surface area contributed by atoms with Crippen molar-refractivity contribution in [3.8, 4) is 0 Å². The van der Waals surface area contributed by atoms with Gasteiger partial charge < -0.3 is 0 Å². The average Bonchev–Trinajstić information content (AvgIpc) is 2.80. The van der Waals surface area contributed by atoms with E-state index in [1.165, 1.54) is 16.7 Å². The molecule has 0 unspecified atom stereocenters. The molecule has 3 rings (SSSR count). The van der Waals surface area contributed by atoms with E-state index in [0.717, 1.165) is 24.1 Å². The highest BCUT2D eigenvalue weighted by Gasteiger charge is 2.29. The van der Waals surface area contributed by atoms with Crippen molar-refractivity contribution in [3.63, 3.8) is 0 Å². The van der Waals surface area contributed by atoms with Crippen molar-refractivity contribution in [2.45, 2.75) is 19.0 Å². The molecule has 0 spiro atoms. The second kappa shape index (κ2) is 4.82. The Morgan fingerprint density at radius 1 is 0.900 bits per heavy atom. The van der Waals surface area contributed by atoms with Crippen LogP contribution in [0.25, 0.3) is 6.08 Å². The fraction of sp³-hybridized carbons (Fsp3) is 0.176. The predicted octanol–water partition coefficient (Wildman–Crippen LogP) is 4.89. The number of rotatable bonds is 2. The number of hydrogen-bond donors (Lipinski definition) is 0. The molecule has 0 amide bonds. The summed E-state index contributed by atoms with van der Waals surface area (Å²) in [5, 5.41) is 0. The van der Waals surface area contributed by atoms with Crippen LogP contribution in [0.15, 0.2) is 54.1 Å². The number of benzene rings is 2. The van der Waals surface area contributed by atoms with Gasteiger partial charge in [-0.3, -0.25) is 0 Å². The Bertz CT molecular complexity index is 649. The van der Waals surface area contributed by atoms with E-state index in [4.69, 9.17) is 0 Å². The van der Waals surface area contributed by atoms with E-state index in [1.807, 2.05) is 12.1 Å². The lowest BCUT2D eigenvalue weighted by molar-refractivity contribution is -0.137. The molecule has 0 aliphatic heterocycles. The molecule has 0 bridgehead atoms. The van der Waals surface area contributed by atoms with E-state index in [2.05, 4.69) is 18.2 Å². The highest BCUT2D eigenvalue weighted by atomic mass is 19.4. The minimum Gasteiger partial charge on any atom is -0.166 e. The minimum absolute atomic E-state index is 0.593. The smallest absolute Gasteiger partial charge is 0.166 e. The van der Waals surface area contributed by atoms with Crippen LogP contribution in [-0.2, 0) is 19.0 Å². The molecule has 0 saturated heterocycles. The summed E-state index contributed by atoms with van der Waals surface area (Å²) in [6.45, 7) is 0. The third kappa shape index (κ3) is 2.62. The van der Waals surface area contributed by atoms with Crippen molar-refractivity contribution < 1.29 is 13.2 Å². The molecule has 0 atom stereocenters. The molecule has 0 saturated carbocycles. The van der Waals surface area contributed by atoms with Crippen LogP contribution in [0.5, 0.6) is 0 Å². The van der Waals surface area contributed by atoms with Crippen LogP contribution in [0.3, 0.4) is 0 Å². The summed E-state index contributed by atoms with van der Waals surface area (Å²) in [6, 6.07) is 13.6. The Balaban J connectivity index is 1.74. The summed E-state index contributed by atoms with van der Waals surface area (Å²) < 4.78 is 37.5. The van der Waals surface area contributed by atoms with Gasteiger partial charge in [-0.05, 0) is 41.7 Å². The van der Waals surface area contributed by atoms with E-state index in [0.29, 0.717) is 6.42 Å². The highest BCUT2D eigenvalue weighted by Crippen LogP contribution is 2.30. The lowest BCUT2D eigenvalue weighted by atomic mass is 10.0. The van der Waals surface area contributed by atoms with Crippen molar-refractivity contribution in [2.75, 3.05) is 0 Å². The van der Waals surface area contributed by atoms with E-state index >= 15 is 0 Å². The number of halogens is 3. The van der Waals surface area contributed by atoms with Gasteiger partial charge in [0, 0.05) is 0 Å². The average molecular weight is 274 g/mol.